The number of ketones is 1. The molecule has 0 radical (unpaired) electrons. The lowest BCUT2D eigenvalue weighted by Crippen LogP contribution is -2.02. The molecule has 3 heteroatoms. The minimum Gasteiger partial charge on any atom is -0.294 e. The fourth-order valence-electron chi connectivity index (χ4n) is 1.76. The first-order valence-corrected chi connectivity index (χ1v) is 6.49. The number of rotatable bonds is 4. The van der Waals surface area contributed by atoms with E-state index in [1.165, 1.54) is 0 Å². The van der Waals surface area contributed by atoms with Crippen molar-refractivity contribution in [3.05, 3.63) is 69.9 Å². The molecular formula is C15H12BrFO. The first-order chi connectivity index (χ1) is 8.68. The SMILES string of the molecule is O=C(CCc1cccc(Br)c1F)c1ccccc1. The topological polar surface area (TPSA) is 17.1 Å². The Kier molecular flexibility index (Phi) is 4.26. The van der Waals surface area contributed by atoms with Crippen molar-refractivity contribution in [1.29, 1.82) is 0 Å². The van der Waals surface area contributed by atoms with Gasteiger partial charge in [-0.15, -0.1) is 0 Å². The van der Waals surface area contributed by atoms with Gasteiger partial charge in [-0.05, 0) is 34.0 Å². The van der Waals surface area contributed by atoms with Gasteiger partial charge in [0.25, 0.3) is 0 Å². The summed E-state index contributed by atoms with van der Waals surface area (Å²) in [4.78, 5) is 11.9. The number of aryl methyl sites for hydroxylation is 1. The van der Waals surface area contributed by atoms with Crippen molar-refractivity contribution in [1.82, 2.24) is 0 Å². The fraction of sp³-hybridized carbons (Fsp3) is 0.133. The second-order valence-electron chi connectivity index (χ2n) is 4.00. The maximum atomic E-state index is 13.7. The number of carbonyl (C=O) groups excluding carboxylic acids is 1. The Morgan fingerprint density at radius 3 is 2.50 bits per heavy atom. The lowest BCUT2D eigenvalue weighted by molar-refractivity contribution is 0.0982. The van der Waals surface area contributed by atoms with Crippen LogP contribution in [0.15, 0.2) is 53.0 Å². The van der Waals surface area contributed by atoms with Gasteiger partial charge in [-0.25, -0.2) is 4.39 Å². The van der Waals surface area contributed by atoms with E-state index in [0.717, 1.165) is 0 Å². The third-order valence-electron chi connectivity index (χ3n) is 2.75. The van der Waals surface area contributed by atoms with E-state index in [1.54, 1.807) is 30.3 Å². The quantitative estimate of drug-likeness (QED) is 0.765. The van der Waals surface area contributed by atoms with Crippen LogP contribution in [0.3, 0.4) is 0 Å². The zero-order chi connectivity index (χ0) is 13.0. The summed E-state index contributed by atoms with van der Waals surface area (Å²) in [6, 6.07) is 14.2. The summed E-state index contributed by atoms with van der Waals surface area (Å²) in [6.45, 7) is 0. The van der Waals surface area contributed by atoms with Crippen LogP contribution in [-0.2, 0) is 6.42 Å². The molecule has 0 bridgehead atoms. The van der Waals surface area contributed by atoms with Gasteiger partial charge in [-0.3, -0.25) is 4.79 Å². The Balaban J connectivity index is 2.04. The molecule has 0 amide bonds. The molecule has 0 spiro atoms. The summed E-state index contributed by atoms with van der Waals surface area (Å²) in [6.07, 6.45) is 0.733. The molecule has 1 nitrogen and oxygen atoms in total. The molecule has 0 aromatic heterocycles. The molecular weight excluding hydrogens is 295 g/mol. The Hall–Kier alpha value is -1.48. The number of benzene rings is 2. The second-order valence-corrected chi connectivity index (χ2v) is 4.86. The number of hydrogen-bond donors (Lipinski definition) is 0. The van der Waals surface area contributed by atoms with Crippen molar-refractivity contribution in [2.45, 2.75) is 12.8 Å². The third-order valence-corrected chi connectivity index (χ3v) is 3.36. The van der Waals surface area contributed by atoms with Gasteiger partial charge in [0, 0.05) is 12.0 Å². The van der Waals surface area contributed by atoms with Gasteiger partial charge in [0.05, 0.1) is 4.47 Å². The van der Waals surface area contributed by atoms with Crippen molar-refractivity contribution >= 4 is 21.7 Å². The van der Waals surface area contributed by atoms with E-state index in [9.17, 15) is 9.18 Å². The molecule has 2 aromatic carbocycles. The predicted molar refractivity (Wildman–Crippen MR) is 73.2 cm³/mol. The molecule has 2 rings (SSSR count). The van der Waals surface area contributed by atoms with Crippen LogP contribution in [0.25, 0.3) is 0 Å². The Labute approximate surface area is 114 Å². The zero-order valence-corrected chi connectivity index (χ0v) is 11.3. The van der Waals surface area contributed by atoms with Gasteiger partial charge < -0.3 is 0 Å². The fourth-order valence-corrected chi connectivity index (χ4v) is 2.17. The Bertz CT molecular complexity index is 552. The number of carbonyl (C=O) groups is 1. The molecule has 0 N–H and O–H groups in total. The van der Waals surface area contributed by atoms with E-state index in [-0.39, 0.29) is 11.6 Å². The molecule has 0 saturated heterocycles. The molecule has 18 heavy (non-hydrogen) atoms. The second kappa shape index (κ2) is 5.91. The van der Waals surface area contributed by atoms with Crippen LogP contribution in [0.4, 0.5) is 4.39 Å². The Morgan fingerprint density at radius 2 is 1.78 bits per heavy atom. The molecule has 0 aliphatic rings. The third kappa shape index (κ3) is 3.05. The standard InChI is InChI=1S/C15H12BrFO/c16-13-8-4-7-12(15(13)17)9-10-14(18)11-5-2-1-3-6-11/h1-8H,9-10H2. The zero-order valence-electron chi connectivity index (χ0n) is 9.70. The van der Waals surface area contributed by atoms with E-state index < -0.39 is 0 Å². The van der Waals surface area contributed by atoms with Crippen molar-refractivity contribution in [2.75, 3.05) is 0 Å². The van der Waals surface area contributed by atoms with E-state index >= 15 is 0 Å². The molecule has 0 unspecified atom stereocenters. The molecule has 92 valence electrons. The minimum absolute atomic E-state index is 0.0370. The van der Waals surface area contributed by atoms with Crippen LogP contribution in [0.2, 0.25) is 0 Å². The van der Waals surface area contributed by atoms with Crippen molar-refractivity contribution < 1.29 is 9.18 Å². The van der Waals surface area contributed by atoms with Crippen LogP contribution in [-0.4, -0.2) is 5.78 Å². The molecule has 0 heterocycles. The van der Waals surface area contributed by atoms with Gasteiger partial charge >= 0.3 is 0 Å². The normalized spacial score (nSPS) is 10.3. The van der Waals surface area contributed by atoms with Gasteiger partial charge in [0.1, 0.15) is 5.82 Å². The molecule has 0 aliphatic carbocycles. The number of halogens is 2. The average Bonchev–Trinajstić information content (AvgIpc) is 2.41. The molecule has 2 aromatic rings. The van der Waals surface area contributed by atoms with E-state index in [1.807, 2.05) is 18.2 Å². The van der Waals surface area contributed by atoms with Crippen molar-refractivity contribution in [2.24, 2.45) is 0 Å². The van der Waals surface area contributed by atoms with Gasteiger partial charge in [-0.2, -0.15) is 0 Å². The maximum Gasteiger partial charge on any atom is 0.163 e. The average molecular weight is 307 g/mol. The van der Waals surface area contributed by atoms with Crippen LogP contribution in [0.5, 0.6) is 0 Å². The highest BCUT2D eigenvalue weighted by atomic mass is 79.9. The Morgan fingerprint density at radius 1 is 1.06 bits per heavy atom. The van der Waals surface area contributed by atoms with E-state index in [2.05, 4.69) is 15.9 Å². The molecule has 0 aliphatic heterocycles. The molecule has 0 saturated carbocycles. The van der Waals surface area contributed by atoms with Gasteiger partial charge in [0.15, 0.2) is 5.78 Å². The highest BCUT2D eigenvalue weighted by molar-refractivity contribution is 9.10. The largest absolute Gasteiger partial charge is 0.294 e. The predicted octanol–water partition coefficient (Wildman–Crippen LogP) is 4.40. The lowest BCUT2D eigenvalue weighted by Gasteiger charge is -2.04. The first kappa shape index (κ1) is 13.0. The van der Waals surface area contributed by atoms with Crippen LogP contribution in [0, 0.1) is 5.82 Å². The smallest absolute Gasteiger partial charge is 0.163 e. The molecule has 0 atom stereocenters. The summed E-state index contributed by atoms with van der Waals surface area (Å²) in [5, 5.41) is 0. The van der Waals surface area contributed by atoms with Crippen LogP contribution in [0.1, 0.15) is 22.3 Å². The van der Waals surface area contributed by atoms with Gasteiger partial charge in [-0.1, -0.05) is 42.5 Å². The minimum atomic E-state index is -0.279. The maximum absolute atomic E-state index is 13.7. The first-order valence-electron chi connectivity index (χ1n) is 5.69. The number of hydrogen-bond acceptors (Lipinski definition) is 1. The summed E-state index contributed by atoms with van der Waals surface area (Å²) in [5.41, 5.74) is 1.24. The van der Waals surface area contributed by atoms with Crippen LogP contribution >= 0.6 is 15.9 Å². The monoisotopic (exact) mass is 306 g/mol. The van der Waals surface area contributed by atoms with E-state index in [0.29, 0.717) is 28.4 Å². The highest BCUT2D eigenvalue weighted by Crippen LogP contribution is 2.20. The molecule has 0 fully saturated rings. The van der Waals surface area contributed by atoms with Crippen molar-refractivity contribution in [3.63, 3.8) is 0 Å². The number of Topliss-reactive ketones (excluding diaryl/α,β-unsaturated/α-hetero) is 1. The van der Waals surface area contributed by atoms with Crippen molar-refractivity contribution in [3.8, 4) is 0 Å². The lowest BCUT2D eigenvalue weighted by atomic mass is 10.0. The van der Waals surface area contributed by atoms with Gasteiger partial charge in [0.2, 0.25) is 0 Å². The summed E-state index contributed by atoms with van der Waals surface area (Å²) >= 11 is 3.14. The summed E-state index contributed by atoms with van der Waals surface area (Å²) in [5.74, 6) is -0.242. The van der Waals surface area contributed by atoms with Crippen LogP contribution < -0.4 is 0 Å². The van der Waals surface area contributed by atoms with E-state index in [4.69, 9.17) is 0 Å². The highest BCUT2D eigenvalue weighted by Gasteiger charge is 2.09. The summed E-state index contributed by atoms with van der Waals surface area (Å²) in [7, 11) is 0. The summed E-state index contributed by atoms with van der Waals surface area (Å²) < 4.78 is 14.1.